The molecule has 0 heterocycles. The van der Waals surface area contributed by atoms with E-state index in [1.807, 2.05) is 13.8 Å². The third kappa shape index (κ3) is 3.46. The van der Waals surface area contributed by atoms with E-state index >= 15 is 0 Å². The van der Waals surface area contributed by atoms with Gasteiger partial charge in [0.2, 0.25) is 0 Å². The minimum Gasteiger partial charge on any atom is -0.481 e. The lowest BCUT2D eigenvalue weighted by Crippen LogP contribution is -2.27. The summed E-state index contributed by atoms with van der Waals surface area (Å²) >= 11 is 0. The molecular formula is C14H18O6. The molecule has 1 aliphatic carbocycles. The van der Waals surface area contributed by atoms with Crippen molar-refractivity contribution in [1.29, 1.82) is 0 Å². The van der Waals surface area contributed by atoms with Crippen molar-refractivity contribution in [2.45, 2.75) is 33.1 Å². The number of carboxylic acid groups (broad SMARTS) is 3. The lowest BCUT2D eigenvalue weighted by Gasteiger charge is -2.23. The van der Waals surface area contributed by atoms with Crippen LogP contribution in [0.25, 0.3) is 0 Å². The van der Waals surface area contributed by atoms with Crippen LogP contribution in [-0.2, 0) is 14.4 Å². The van der Waals surface area contributed by atoms with E-state index in [9.17, 15) is 19.5 Å². The summed E-state index contributed by atoms with van der Waals surface area (Å²) in [4.78, 5) is 33.5. The smallest absolute Gasteiger partial charge is 0.332 e. The number of hydrogen-bond donors (Lipinski definition) is 3. The molecule has 0 aromatic carbocycles. The molecule has 110 valence electrons. The fourth-order valence-electron chi connectivity index (χ4n) is 2.18. The molecule has 0 amide bonds. The van der Waals surface area contributed by atoms with Gasteiger partial charge in [0.25, 0.3) is 0 Å². The highest BCUT2D eigenvalue weighted by Gasteiger charge is 2.34. The second-order valence-electron chi connectivity index (χ2n) is 5.03. The molecule has 0 saturated heterocycles. The Morgan fingerprint density at radius 3 is 2.25 bits per heavy atom. The summed E-state index contributed by atoms with van der Waals surface area (Å²) in [5, 5.41) is 27.3. The molecule has 6 nitrogen and oxygen atoms in total. The molecule has 0 radical (unpaired) electrons. The normalized spacial score (nSPS) is 20.3. The molecule has 0 aliphatic heterocycles. The number of hydrogen-bond acceptors (Lipinski definition) is 3. The molecule has 0 aromatic rings. The van der Waals surface area contributed by atoms with E-state index in [-0.39, 0.29) is 23.5 Å². The molecule has 2 atom stereocenters. The van der Waals surface area contributed by atoms with E-state index in [0.29, 0.717) is 12.0 Å². The molecule has 0 saturated carbocycles. The van der Waals surface area contributed by atoms with Crippen LogP contribution in [0.4, 0.5) is 0 Å². The van der Waals surface area contributed by atoms with Crippen molar-refractivity contribution in [2.75, 3.05) is 0 Å². The number of carboxylic acids is 3. The average Bonchev–Trinajstić information content (AvgIpc) is 2.37. The van der Waals surface area contributed by atoms with Crippen LogP contribution in [0.5, 0.6) is 0 Å². The Kier molecular flexibility index (Phi) is 5.07. The summed E-state index contributed by atoms with van der Waals surface area (Å²) in [5.41, 5.74) is 0.172. The number of allylic oxidation sites excluding steroid dienone is 2. The summed E-state index contributed by atoms with van der Waals surface area (Å²) < 4.78 is 0. The third-order valence-electron chi connectivity index (χ3n) is 3.57. The Morgan fingerprint density at radius 1 is 1.25 bits per heavy atom. The first-order valence-corrected chi connectivity index (χ1v) is 6.40. The highest BCUT2D eigenvalue weighted by molar-refractivity contribution is 5.98. The Morgan fingerprint density at radius 2 is 1.85 bits per heavy atom. The topological polar surface area (TPSA) is 112 Å². The van der Waals surface area contributed by atoms with Crippen molar-refractivity contribution < 1.29 is 29.7 Å². The molecule has 0 fully saturated rings. The molecule has 0 spiro atoms. The van der Waals surface area contributed by atoms with Gasteiger partial charge in [0, 0.05) is 5.57 Å². The molecule has 1 rings (SSSR count). The summed E-state index contributed by atoms with van der Waals surface area (Å²) in [7, 11) is 0. The summed E-state index contributed by atoms with van der Waals surface area (Å²) in [6.07, 6.45) is 2.20. The molecular weight excluding hydrogens is 264 g/mol. The molecule has 20 heavy (non-hydrogen) atoms. The van der Waals surface area contributed by atoms with Gasteiger partial charge in [-0.1, -0.05) is 20.3 Å². The van der Waals surface area contributed by atoms with Gasteiger partial charge in [-0.25, -0.2) is 9.59 Å². The van der Waals surface area contributed by atoms with Crippen LogP contribution in [0.3, 0.4) is 0 Å². The lowest BCUT2D eigenvalue weighted by atomic mass is 9.80. The first-order chi connectivity index (χ1) is 9.27. The van der Waals surface area contributed by atoms with E-state index in [1.54, 1.807) is 0 Å². The van der Waals surface area contributed by atoms with E-state index in [2.05, 4.69) is 0 Å². The van der Waals surface area contributed by atoms with Crippen LogP contribution in [0.15, 0.2) is 22.8 Å². The molecule has 2 unspecified atom stereocenters. The Balaban J connectivity index is 3.27. The van der Waals surface area contributed by atoms with Crippen LogP contribution < -0.4 is 0 Å². The van der Waals surface area contributed by atoms with E-state index in [4.69, 9.17) is 10.2 Å². The van der Waals surface area contributed by atoms with Crippen molar-refractivity contribution in [1.82, 2.24) is 0 Å². The monoisotopic (exact) mass is 282 g/mol. The van der Waals surface area contributed by atoms with Crippen molar-refractivity contribution >= 4 is 17.9 Å². The average molecular weight is 282 g/mol. The van der Waals surface area contributed by atoms with Gasteiger partial charge in [-0.15, -0.1) is 0 Å². The van der Waals surface area contributed by atoms with Crippen molar-refractivity contribution in [3.8, 4) is 0 Å². The van der Waals surface area contributed by atoms with E-state index in [1.165, 1.54) is 6.08 Å². The first kappa shape index (κ1) is 15.9. The molecule has 3 N–H and O–H groups in total. The quantitative estimate of drug-likeness (QED) is 0.686. The largest absolute Gasteiger partial charge is 0.481 e. The van der Waals surface area contributed by atoms with Gasteiger partial charge in [-0.2, -0.15) is 0 Å². The summed E-state index contributed by atoms with van der Waals surface area (Å²) in [5.74, 6) is -4.93. The van der Waals surface area contributed by atoms with Gasteiger partial charge in [-0.3, -0.25) is 4.79 Å². The zero-order chi connectivity index (χ0) is 15.4. The maximum atomic E-state index is 11.3. The van der Waals surface area contributed by atoms with Gasteiger partial charge >= 0.3 is 17.9 Å². The zero-order valence-corrected chi connectivity index (χ0v) is 11.4. The maximum absolute atomic E-state index is 11.3. The number of aliphatic carboxylic acids is 3. The SMILES string of the molecule is CCC(C)CC1=C(C(=O)O)CC(C(=O)O)C(C(=O)O)=C1. The standard InChI is InChI=1S/C14H18O6/c1-3-7(2)4-8-5-10(13(17)18)11(14(19)20)6-9(8)12(15)16/h5,7,11H,3-4,6H2,1-2H3,(H,15,16)(H,17,18)(H,19,20). The van der Waals surface area contributed by atoms with Crippen LogP contribution in [-0.4, -0.2) is 33.2 Å². The van der Waals surface area contributed by atoms with Gasteiger partial charge in [0.1, 0.15) is 0 Å². The summed E-state index contributed by atoms with van der Waals surface area (Å²) in [6, 6.07) is 0. The predicted molar refractivity (Wildman–Crippen MR) is 70.2 cm³/mol. The lowest BCUT2D eigenvalue weighted by molar-refractivity contribution is -0.144. The number of carbonyl (C=O) groups is 3. The van der Waals surface area contributed by atoms with Crippen LogP contribution in [0.2, 0.25) is 0 Å². The zero-order valence-electron chi connectivity index (χ0n) is 11.4. The van der Waals surface area contributed by atoms with Crippen LogP contribution in [0.1, 0.15) is 33.1 Å². The third-order valence-corrected chi connectivity index (χ3v) is 3.57. The van der Waals surface area contributed by atoms with Gasteiger partial charge in [0.15, 0.2) is 0 Å². The first-order valence-electron chi connectivity index (χ1n) is 6.40. The summed E-state index contributed by atoms with van der Waals surface area (Å²) in [6.45, 7) is 3.89. The van der Waals surface area contributed by atoms with Gasteiger partial charge in [-0.05, 0) is 30.4 Å². The Labute approximate surface area is 116 Å². The molecule has 1 aliphatic rings. The van der Waals surface area contributed by atoms with Gasteiger partial charge < -0.3 is 15.3 Å². The van der Waals surface area contributed by atoms with Crippen molar-refractivity contribution in [3.05, 3.63) is 22.8 Å². The Hall–Kier alpha value is -2.11. The minimum absolute atomic E-state index is 0.00250. The van der Waals surface area contributed by atoms with Crippen molar-refractivity contribution in [2.24, 2.45) is 11.8 Å². The molecule has 6 heteroatoms. The molecule has 0 bridgehead atoms. The molecule has 0 aromatic heterocycles. The number of rotatable bonds is 6. The van der Waals surface area contributed by atoms with E-state index < -0.39 is 23.8 Å². The second kappa shape index (κ2) is 6.36. The van der Waals surface area contributed by atoms with Crippen molar-refractivity contribution in [3.63, 3.8) is 0 Å². The fraction of sp³-hybridized carbons (Fsp3) is 0.500. The van der Waals surface area contributed by atoms with Gasteiger partial charge in [0.05, 0.1) is 11.5 Å². The van der Waals surface area contributed by atoms with Crippen LogP contribution >= 0.6 is 0 Å². The predicted octanol–water partition coefficient (Wildman–Crippen LogP) is 1.92. The fourth-order valence-corrected chi connectivity index (χ4v) is 2.18. The minimum atomic E-state index is -1.32. The van der Waals surface area contributed by atoms with Crippen LogP contribution in [0, 0.1) is 11.8 Å². The highest BCUT2D eigenvalue weighted by Crippen LogP contribution is 2.33. The maximum Gasteiger partial charge on any atom is 0.332 e. The Bertz CT molecular complexity index is 500. The second-order valence-corrected chi connectivity index (χ2v) is 5.03. The highest BCUT2D eigenvalue weighted by atomic mass is 16.4. The van der Waals surface area contributed by atoms with E-state index in [0.717, 1.165) is 6.42 Å².